The van der Waals surface area contributed by atoms with Gasteiger partial charge in [0.2, 0.25) is 0 Å². The molecule has 3 rings (SSSR count). The lowest BCUT2D eigenvalue weighted by molar-refractivity contribution is 0.104. The van der Waals surface area contributed by atoms with Crippen molar-refractivity contribution in [3.8, 4) is 0 Å². The smallest absolute Gasteiger partial charge is 0.423 e. The maximum atomic E-state index is 12.3. The lowest BCUT2D eigenvalue weighted by atomic mass is 9.80. The Kier molecular flexibility index (Phi) is 5.21. The molecule has 0 aliphatic carbocycles. The van der Waals surface area contributed by atoms with Gasteiger partial charge in [-0.3, -0.25) is 4.79 Å². The minimum absolute atomic E-state index is 0.132. The van der Waals surface area contributed by atoms with Crippen molar-refractivity contribution in [3.05, 3.63) is 77.9 Å². The van der Waals surface area contributed by atoms with Gasteiger partial charge in [0, 0.05) is 25.3 Å². The topological polar surface area (TPSA) is 60.8 Å². The number of nitrogens with zero attached hydrogens (tertiary/aromatic N) is 1. The van der Waals surface area contributed by atoms with Crippen LogP contribution in [-0.4, -0.2) is 37.0 Å². The van der Waals surface area contributed by atoms with Gasteiger partial charge < -0.3 is 14.9 Å². The van der Waals surface area contributed by atoms with Crippen molar-refractivity contribution < 1.29 is 14.8 Å². The number of allylic oxidation sites excluding steroid dienone is 1. The molecule has 0 aliphatic heterocycles. The Hall–Kier alpha value is -2.89. The van der Waals surface area contributed by atoms with Crippen LogP contribution in [0.4, 0.5) is 5.69 Å². The molecule has 3 aromatic rings. The zero-order valence-electron chi connectivity index (χ0n) is 14.8. The summed E-state index contributed by atoms with van der Waals surface area (Å²) >= 11 is 0. The van der Waals surface area contributed by atoms with Crippen LogP contribution in [0.15, 0.2) is 66.7 Å². The van der Waals surface area contributed by atoms with Crippen LogP contribution in [-0.2, 0) is 0 Å². The number of anilines is 1. The molecule has 26 heavy (non-hydrogen) atoms. The van der Waals surface area contributed by atoms with Crippen molar-refractivity contribution in [2.24, 2.45) is 0 Å². The predicted molar refractivity (Wildman–Crippen MR) is 108 cm³/mol. The molecule has 0 amide bonds. The van der Waals surface area contributed by atoms with Crippen LogP contribution in [0.25, 0.3) is 16.8 Å². The summed E-state index contributed by atoms with van der Waals surface area (Å²) in [5.41, 5.74) is 2.96. The van der Waals surface area contributed by atoms with E-state index in [1.807, 2.05) is 32.3 Å². The predicted octanol–water partition coefficient (Wildman–Crippen LogP) is 2.48. The first kappa shape index (κ1) is 17.9. The van der Waals surface area contributed by atoms with Crippen LogP contribution in [0.3, 0.4) is 0 Å². The molecule has 0 radical (unpaired) electrons. The van der Waals surface area contributed by atoms with E-state index in [2.05, 4.69) is 23.1 Å². The lowest BCUT2D eigenvalue weighted by Gasteiger charge is -2.13. The summed E-state index contributed by atoms with van der Waals surface area (Å²) < 4.78 is 0. The van der Waals surface area contributed by atoms with Crippen LogP contribution in [0.2, 0.25) is 0 Å². The van der Waals surface area contributed by atoms with Crippen molar-refractivity contribution in [1.82, 2.24) is 0 Å². The summed E-state index contributed by atoms with van der Waals surface area (Å²) in [6.45, 7) is 0. The molecule has 0 spiro atoms. The normalized spacial score (nSPS) is 11.1. The molecule has 0 saturated carbocycles. The monoisotopic (exact) mass is 345 g/mol. The second-order valence-electron chi connectivity index (χ2n) is 6.38. The van der Waals surface area contributed by atoms with Gasteiger partial charge in [-0.25, -0.2) is 0 Å². The molecule has 0 bridgehead atoms. The van der Waals surface area contributed by atoms with E-state index in [-0.39, 0.29) is 5.78 Å². The number of fused-ring (bicyclic) bond motifs is 1. The Balaban J connectivity index is 1.79. The highest BCUT2D eigenvalue weighted by Gasteiger charge is 2.11. The van der Waals surface area contributed by atoms with E-state index in [0.717, 1.165) is 22.0 Å². The van der Waals surface area contributed by atoms with Gasteiger partial charge in [-0.2, -0.15) is 0 Å². The molecule has 0 fully saturated rings. The van der Waals surface area contributed by atoms with E-state index in [0.29, 0.717) is 11.0 Å². The molecule has 2 N–H and O–H groups in total. The third-order valence-corrected chi connectivity index (χ3v) is 4.28. The molecule has 4 nitrogen and oxygen atoms in total. The van der Waals surface area contributed by atoms with Gasteiger partial charge in [0.15, 0.2) is 5.78 Å². The van der Waals surface area contributed by atoms with Gasteiger partial charge in [-0.05, 0) is 46.1 Å². The molecule has 0 atom stereocenters. The highest BCUT2D eigenvalue weighted by Crippen LogP contribution is 2.22. The molecule has 0 unspecified atom stereocenters. The number of carbonyl (C=O) groups excluding carboxylic acids is 1. The van der Waals surface area contributed by atoms with E-state index in [4.69, 9.17) is 10.0 Å². The van der Waals surface area contributed by atoms with Crippen LogP contribution in [0.1, 0.15) is 15.9 Å². The fourth-order valence-corrected chi connectivity index (χ4v) is 2.72. The second kappa shape index (κ2) is 7.56. The summed E-state index contributed by atoms with van der Waals surface area (Å²) in [4.78, 5) is 14.3. The third-order valence-electron chi connectivity index (χ3n) is 4.28. The summed E-state index contributed by atoms with van der Waals surface area (Å²) in [6, 6.07) is 18.6. The molecule has 5 heteroatoms. The molecule has 0 saturated heterocycles. The largest absolute Gasteiger partial charge is 0.488 e. The van der Waals surface area contributed by atoms with Gasteiger partial charge in [-0.15, -0.1) is 0 Å². The average molecular weight is 345 g/mol. The molecule has 3 aromatic carbocycles. The molecule has 0 heterocycles. The van der Waals surface area contributed by atoms with Gasteiger partial charge in [-0.1, -0.05) is 48.5 Å². The molecule has 130 valence electrons. The van der Waals surface area contributed by atoms with Crippen LogP contribution in [0.5, 0.6) is 0 Å². The van der Waals surface area contributed by atoms with Crippen molar-refractivity contribution in [2.75, 3.05) is 19.0 Å². The molecule has 0 aliphatic rings. The first-order chi connectivity index (χ1) is 12.4. The zero-order valence-corrected chi connectivity index (χ0v) is 14.8. The SMILES string of the molecule is CN(C)c1ccc2cc(/C=C/C(=O)c3ccc(B(O)O)cc3)ccc2c1. The number of ketones is 1. The average Bonchev–Trinajstić information content (AvgIpc) is 2.65. The highest BCUT2D eigenvalue weighted by molar-refractivity contribution is 6.58. The van der Waals surface area contributed by atoms with Crippen LogP contribution in [0, 0.1) is 0 Å². The van der Waals surface area contributed by atoms with E-state index >= 15 is 0 Å². The Morgan fingerprint density at radius 2 is 1.58 bits per heavy atom. The van der Waals surface area contributed by atoms with E-state index in [9.17, 15) is 4.79 Å². The highest BCUT2D eigenvalue weighted by atomic mass is 16.4. The fraction of sp³-hybridized carbons (Fsp3) is 0.0952. The van der Waals surface area contributed by atoms with Crippen LogP contribution < -0.4 is 10.4 Å². The Labute approximate surface area is 153 Å². The van der Waals surface area contributed by atoms with Gasteiger partial charge in [0.25, 0.3) is 0 Å². The molecular weight excluding hydrogens is 325 g/mol. The summed E-state index contributed by atoms with van der Waals surface area (Å²) in [7, 11) is 2.50. The second-order valence-corrected chi connectivity index (χ2v) is 6.38. The third kappa shape index (κ3) is 4.02. The number of hydrogen-bond acceptors (Lipinski definition) is 4. The van der Waals surface area contributed by atoms with Gasteiger partial charge in [0.1, 0.15) is 0 Å². The van der Waals surface area contributed by atoms with Gasteiger partial charge >= 0.3 is 7.12 Å². The van der Waals surface area contributed by atoms with Crippen molar-refractivity contribution >= 4 is 40.9 Å². The lowest BCUT2D eigenvalue weighted by Crippen LogP contribution is -2.29. The van der Waals surface area contributed by atoms with E-state index in [1.165, 1.54) is 18.2 Å². The Morgan fingerprint density at radius 3 is 2.23 bits per heavy atom. The van der Waals surface area contributed by atoms with E-state index < -0.39 is 7.12 Å². The van der Waals surface area contributed by atoms with Crippen LogP contribution >= 0.6 is 0 Å². The van der Waals surface area contributed by atoms with Crippen molar-refractivity contribution in [3.63, 3.8) is 0 Å². The number of hydrogen-bond donors (Lipinski definition) is 2. The quantitative estimate of drug-likeness (QED) is 0.424. The summed E-state index contributed by atoms with van der Waals surface area (Å²) in [6.07, 6.45) is 3.32. The first-order valence-electron chi connectivity index (χ1n) is 8.34. The Morgan fingerprint density at radius 1 is 0.923 bits per heavy atom. The van der Waals surface area contributed by atoms with Gasteiger partial charge in [0.05, 0.1) is 0 Å². The number of carbonyl (C=O) groups is 1. The first-order valence-corrected chi connectivity index (χ1v) is 8.34. The number of benzene rings is 3. The van der Waals surface area contributed by atoms with Crippen molar-refractivity contribution in [2.45, 2.75) is 0 Å². The summed E-state index contributed by atoms with van der Waals surface area (Å²) in [5.74, 6) is -0.132. The maximum absolute atomic E-state index is 12.3. The Bertz CT molecular complexity index is 963. The standard InChI is InChI=1S/C21H20BNO3/c1-23(2)20-11-8-17-13-15(3-5-18(17)14-20)4-12-21(24)16-6-9-19(10-7-16)22(25)26/h3-14,25-26H,1-2H3/b12-4+. The summed E-state index contributed by atoms with van der Waals surface area (Å²) in [5, 5.41) is 20.5. The van der Waals surface area contributed by atoms with Crippen molar-refractivity contribution in [1.29, 1.82) is 0 Å². The maximum Gasteiger partial charge on any atom is 0.488 e. The fourth-order valence-electron chi connectivity index (χ4n) is 2.72. The molecule has 0 aromatic heterocycles. The number of rotatable bonds is 5. The molecular formula is C21H20BNO3. The zero-order chi connectivity index (χ0) is 18.7. The minimum atomic E-state index is -1.53. The minimum Gasteiger partial charge on any atom is -0.423 e. The van der Waals surface area contributed by atoms with E-state index in [1.54, 1.807) is 18.2 Å².